The van der Waals surface area contributed by atoms with Gasteiger partial charge in [-0.25, -0.2) is 0 Å². The Bertz CT molecular complexity index is 321. The largest absolute Gasteiger partial charge is 0.399 e. The van der Waals surface area contributed by atoms with Gasteiger partial charge in [-0.2, -0.15) is 0 Å². The Kier molecular flexibility index (Phi) is 5.33. The lowest BCUT2D eigenvalue weighted by Crippen LogP contribution is -2.19. The van der Waals surface area contributed by atoms with Crippen LogP contribution in [0.3, 0.4) is 0 Å². The van der Waals surface area contributed by atoms with E-state index in [0.29, 0.717) is 0 Å². The summed E-state index contributed by atoms with van der Waals surface area (Å²) in [5, 5.41) is 0. The molecule has 0 amide bonds. The maximum Gasteiger partial charge on any atom is 0.0346 e. The first-order chi connectivity index (χ1) is 7.63. The highest BCUT2D eigenvalue weighted by molar-refractivity contribution is 5.48. The summed E-state index contributed by atoms with van der Waals surface area (Å²) in [5.41, 5.74) is 9.27. The number of anilines is 1. The molecular formula is C14H24N2. The van der Waals surface area contributed by atoms with Crippen molar-refractivity contribution in [3.8, 4) is 0 Å². The fourth-order valence-electron chi connectivity index (χ4n) is 1.81. The minimum absolute atomic E-state index is 0.902. The molecule has 0 aliphatic rings. The van der Waals surface area contributed by atoms with E-state index < -0.39 is 0 Å². The maximum atomic E-state index is 5.90. The van der Waals surface area contributed by atoms with Crippen LogP contribution in [0.2, 0.25) is 0 Å². The minimum Gasteiger partial charge on any atom is -0.399 e. The zero-order valence-corrected chi connectivity index (χ0v) is 10.8. The average Bonchev–Trinajstić information content (AvgIpc) is 2.24. The van der Waals surface area contributed by atoms with Gasteiger partial charge in [-0.05, 0) is 44.1 Å². The molecule has 0 radical (unpaired) electrons. The number of nitrogen functional groups attached to an aromatic ring is 1. The third-order valence-electron chi connectivity index (χ3n) is 2.94. The Labute approximate surface area is 99.5 Å². The highest BCUT2D eigenvalue weighted by Crippen LogP contribution is 2.14. The van der Waals surface area contributed by atoms with E-state index in [-0.39, 0.29) is 0 Å². The van der Waals surface area contributed by atoms with Gasteiger partial charge in [0.05, 0.1) is 0 Å². The van der Waals surface area contributed by atoms with Crippen molar-refractivity contribution in [1.82, 2.24) is 4.90 Å². The van der Waals surface area contributed by atoms with Crippen molar-refractivity contribution in [1.29, 1.82) is 0 Å². The van der Waals surface area contributed by atoms with Crippen molar-refractivity contribution >= 4 is 5.69 Å². The number of benzene rings is 1. The molecular weight excluding hydrogens is 196 g/mol. The summed E-state index contributed by atoms with van der Waals surface area (Å²) in [7, 11) is 2.17. The maximum absolute atomic E-state index is 5.90. The summed E-state index contributed by atoms with van der Waals surface area (Å²) in [4.78, 5) is 2.36. The Morgan fingerprint density at radius 3 is 2.62 bits per heavy atom. The molecule has 0 fully saturated rings. The summed E-state index contributed by atoms with van der Waals surface area (Å²) in [6.07, 6.45) is 3.89. The highest BCUT2D eigenvalue weighted by atomic mass is 15.1. The van der Waals surface area contributed by atoms with E-state index in [9.17, 15) is 0 Å². The molecule has 0 heterocycles. The van der Waals surface area contributed by atoms with Crippen molar-refractivity contribution < 1.29 is 0 Å². The lowest BCUT2D eigenvalue weighted by molar-refractivity contribution is 0.318. The SMILES string of the molecule is CCCCCN(C)Cc1ccc(C)c(N)c1. The van der Waals surface area contributed by atoms with Gasteiger partial charge < -0.3 is 10.6 Å². The summed E-state index contributed by atoms with van der Waals surface area (Å²) in [6.45, 7) is 6.45. The number of hydrogen-bond donors (Lipinski definition) is 1. The molecule has 0 atom stereocenters. The van der Waals surface area contributed by atoms with E-state index in [1.54, 1.807) is 0 Å². The Balaban J connectivity index is 2.43. The second-order valence-electron chi connectivity index (χ2n) is 4.64. The molecule has 0 aliphatic heterocycles. The quantitative estimate of drug-likeness (QED) is 0.589. The van der Waals surface area contributed by atoms with Crippen molar-refractivity contribution in [3.63, 3.8) is 0 Å². The van der Waals surface area contributed by atoms with Gasteiger partial charge in [-0.3, -0.25) is 0 Å². The monoisotopic (exact) mass is 220 g/mol. The van der Waals surface area contributed by atoms with Gasteiger partial charge in [0.1, 0.15) is 0 Å². The lowest BCUT2D eigenvalue weighted by atomic mass is 10.1. The molecule has 1 aromatic carbocycles. The van der Waals surface area contributed by atoms with Crippen LogP contribution in [0.25, 0.3) is 0 Å². The van der Waals surface area contributed by atoms with Gasteiger partial charge in [0.25, 0.3) is 0 Å². The van der Waals surface area contributed by atoms with Gasteiger partial charge in [0.2, 0.25) is 0 Å². The normalized spacial score (nSPS) is 11.0. The predicted molar refractivity (Wildman–Crippen MR) is 71.5 cm³/mol. The molecule has 1 aromatic rings. The first-order valence-corrected chi connectivity index (χ1v) is 6.17. The van der Waals surface area contributed by atoms with E-state index >= 15 is 0 Å². The topological polar surface area (TPSA) is 29.3 Å². The van der Waals surface area contributed by atoms with Crippen molar-refractivity contribution in [2.24, 2.45) is 0 Å². The molecule has 0 saturated carbocycles. The van der Waals surface area contributed by atoms with Gasteiger partial charge >= 0.3 is 0 Å². The molecule has 1 rings (SSSR count). The van der Waals surface area contributed by atoms with Crippen LogP contribution in [-0.4, -0.2) is 18.5 Å². The number of nitrogens with two attached hydrogens (primary N) is 1. The molecule has 0 aliphatic carbocycles. The first-order valence-electron chi connectivity index (χ1n) is 6.17. The third kappa shape index (κ3) is 4.23. The van der Waals surface area contributed by atoms with Crippen molar-refractivity contribution in [2.45, 2.75) is 39.7 Å². The molecule has 0 saturated heterocycles. The first kappa shape index (κ1) is 13.0. The molecule has 0 aromatic heterocycles. The van der Waals surface area contributed by atoms with Gasteiger partial charge in [0, 0.05) is 12.2 Å². The van der Waals surface area contributed by atoms with E-state index in [0.717, 1.165) is 17.8 Å². The lowest BCUT2D eigenvalue weighted by Gasteiger charge is -2.17. The average molecular weight is 220 g/mol. The zero-order valence-electron chi connectivity index (χ0n) is 10.8. The van der Waals surface area contributed by atoms with Gasteiger partial charge in [-0.1, -0.05) is 31.9 Å². The van der Waals surface area contributed by atoms with Crippen LogP contribution in [0.1, 0.15) is 37.3 Å². The number of nitrogens with zero attached hydrogens (tertiary/aromatic N) is 1. The fraction of sp³-hybridized carbons (Fsp3) is 0.571. The second kappa shape index (κ2) is 6.54. The molecule has 2 N–H and O–H groups in total. The zero-order chi connectivity index (χ0) is 12.0. The van der Waals surface area contributed by atoms with Crippen LogP contribution in [0.4, 0.5) is 5.69 Å². The van der Waals surface area contributed by atoms with Crippen molar-refractivity contribution in [2.75, 3.05) is 19.3 Å². The molecule has 0 bridgehead atoms. The van der Waals surface area contributed by atoms with Crippen LogP contribution >= 0.6 is 0 Å². The number of aryl methyl sites for hydroxylation is 1. The number of hydrogen-bond acceptors (Lipinski definition) is 2. The molecule has 2 heteroatoms. The summed E-state index contributed by atoms with van der Waals surface area (Å²) in [5.74, 6) is 0. The highest BCUT2D eigenvalue weighted by Gasteiger charge is 2.01. The van der Waals surface area contributed by atoms with Crippen LogP contribution in [0.5, 0.6) is 0 Å². The van der Waals surface area contributed by atoms with Gasteiger partial charge in [-0.15, -0.1) is 0 Å². The van der Waals surface area contributed by atoms with Gasteiger partial charge in [0.15, 0.2) is 0 Å². The van der Waals surface area contributed by atoms with Crippen LogP contribution in [0.15, 0.2) is 18.2 Å². The number of rotatable bonds is 6. The summed E-state index contributed by atoms with van der Waals surface area (Å²) < 4.78 is 0. The van der Waals surface area contributed by atoms with E-state index in [4.69, 9.17) is 5.73 Å². The predicted octanol–water partition coefficient (Wildman–Crippen LogP) is 3.20. The smallest absolute Gasteiger partial charge is 0.0346 e. The van der Waals surface area contributed by atoms with E-state index in [1.807, 2.05) is 6.92 Å². The second-order valence-corrected chi connectivity index (χ2v) is 4.64. The Morgan fingerprint density at radius 2 is 2.00 bits per heavy atom. The molecule has 16 heavy (non-hydrogen) atoms. The van der Waals surface area contributed by atoms with Crippen LogP contribution < -0.4 is 5.73 Å². The molecule has 0 unspecified atom stereocenters. The Morgan fingerprint density at radius 1 is 1.25 bits per heavy atom. The molecule has 90 valence electrons. The summed E-state index contributed by atoms with van der Waals surface area (Å²) >= 11 is 0. The summed E-state index contributed by atoms with van der Waals surface area (Å²) in [6, 6.07) is 6.36. The van der Waals surface area contributed by atoms with Crippen LogP contribution in [-0.2, 0) is 6.54 Å². The van der Waals surface area contributed by atoms with Crippen LogP contribution in [0, 0.1) is 6.92 Å². The minimum atomic E-state index is 0.902. The standard InChI is InChI=1S/C14H24N2/c1-4-5-6-9-16(3)11-13-8-7-12(2)14(15)10-13/h7-8,10H,4-6,9,11,15H2,1-3H3. The Hall–Kier alpha value is -1.02. The molecule has 0 spiro atoms. The van der Waals surface area contributed by atoms with E-state index in [2.05, 4.69) is 37.1 Å². The van der Waals surface area contributed by atoms with Crippen molar-refractivity contribution in [3.05, 3.63) is 29.3 Å². The van der Waals surface area contributed by atoms with E-state index in [1.165, 1.54) is 31.4 Å². The fourth-order valence-corrected chi connectivity index (χ4v) is 1.81. The molecule has 2 nitrogen and oxygen atoms in total. The third-order valence-corrected chi connectivity index (χ3v) is 2.94. The number of unbranched alkanes of at least 4 members (excludes halogenated alkanes) is 2.